The topological polar surface area (TPSA) is 57.5 Å². The van der Waals surface area contributed by atoms with Gasteiger partial charge in [-0.2, -0.15) is 0 Å². The molecule has 3 nitrogen and oxygen atoms in total. The van der Waals surface area contributed by atoms with Crippen LogP contribution in [-0.4, -0.2) is 16.2 Å². The van der Waals surface area contributed by atoms with Gasteiger partial charge in [-0.1, -0.05) is 30.3 Å². The number of allylic oxidation sites excluding steroid dienone is 2. The number of aliphatic hydroxyl groups excluding tert-OH is 1. The normalized spacial score (nSPS) is 14.7. The van der Waals surface area contributed by atoms with Crippen molar-refractivity contribution in [2.24, 2.45) is 0 Å². The Morgan fingerprint density at radius 1 is 1.17 bits per heavy atom. The van der Waals surface area contributed by atoms with Gasteiger partial charge in [0, 0.05) is 13.3 Å². The summed E-state index contributed by atoms with van der Waals surface area (Å²) in [6.07, 6.45) is 5.24. The Balaban J connectivity index is 0.000000357. The van der Waals surface area contributed by atoms with Crippen LogP contribution >= 0.6 is 0 Å². The number of rotatable bonds is 2. The van der Waals surface area contributed by atoms with E-state index in [-0.39, 0.29) is 0 Å². The average Bonchev–Trinajstić information content (AvgIpc) is 2.33. The van der Waals surface area contributed by atoms with Crippen molar-refractivity contribution in [3.05, 3.63) is 47.2 Å². The third-order valence-corrected chi connectivity index (χ3v) is 2.81. The van der Waals surface area contributed by atoms with E-state index in [1.807, 2.05) is 6.07 Å². The van der Waals surface area contributed by atoms with Gasteiger partial charge < -0.3 is 10.2 Å². The van der Waals surface area contributed by atoms with Crippen molar-refractivity contribution in [1.82, 2.24) is 0 Å². The van der Waals surface area contributed by atoms with Crippen LogP contribution < -0.4 is 0 Å². The summed E-state index contributed by atoms with van der Waals surface area (Å²) in [5.41, 5.74) is 2.54. The summed E-state index contributed by atoms with van der Waals surface area (Å²) >= 11 is 0. The largest absolute Gasteiger partial charge is 0.512 e. The summed E-state index contributed by atoms with van der Waals surface area (Å²) in [6.45, 7) is 1.08. The van der Waals surface area contributed by atoms with Gasteiger partial charge in [-0.3, -0.25) is 4.79 Å². The Hall–Kier alpha value is -1.77. The van der Waals surface area contributed by atoms with E-state index in [2.05, 4.69) is 24.3 Å². The molecule has 0 atom stereocenters. The predicted molar refractivity (Wildman–Crippen MR) is 71.6 cm³/mol. The molecule has 0 aromatic heterocycles. The second-order valence-corrected chi connectivity index (χ2v) is 4.44. The molecular formula is C15H20O3. The smallest absolute Gasteiger partial charge is 0.300 e. The minimum atomic E-state index is -0.833. The number of benzene rings is 1. The van der Waals surface area contributed by atoms with Gasteiger partial charge in [0.1, 0.15) is 0 Å². The van der Waals surface area contributed by atoms with E-state index in [4.69, 9.17) is 9.90 Å². The molecule has 2 N–H and O–H groups in total. The maximum absolute atomic E-state index is 9.71. The van der Waals surface area contributed by atoms with Gasteiger partial charge in [-0.05, 0) is 36.8 Å². The number of carbonyl (C=O) groups is 1. The molecule has 0 bridgehead atoms. The van der Waals surface area contributed by atoms with Gasteiger partial charge in [-0.15, -0.1) is 0 Å². The van der Waals surface area contributed by atoms with E-state index in [0.29, 0.717) is 5.76 Å². The first kappa shape index (κ1) is 14.3. The fourth-order valence-electron chi connectivity index (χ4n) is 1.98. The quantitative estimate of drug-likeness (QED) is 0.838. The molecule has 0 fully saturated rings. The molecule has 18 heavy (non-hydrogen) atoms. The summed E-state index contributed by atoms with van der Waals surface area (Å²) < 4.78 is 0. The van der Waals surface area contributed by atoms with Gasteiger partial charge in [0.15, 0.2) is 0 Å². The van der Waals surface area contributed by atoms with Crippen LogP contribution in [0.5, 0.6) is 0 Å². The molecule has 0 radical (unpaired) electrons. The SMILES string of the molecule is CC(=O)O.OC1=C(Cc2ccccc2)CCCC1. The van der Waals surface area contributed by atoms with E-state index in [9.17, 15) is 5.11 Å². The lowest BCUT2D eigenvalue weighted by Gasteiger charge is -2.15. The average molecular weight is 248 g/mol. The van der Waals surface area contributed by atoms with Gasteiger partial charge in [0.25, 0.3) is 5.97 Å². The molecule has 0 amide bonds. The number of carboxylic acid groups (broad SMARTS) is 1. The first-order valence-corrected chi connectivity index (χ1v) is 6.23. The number of aliphatic hydroxyl groups is 1. The second kappa shape index (κ2) is 7.54. The number of aliphatic carboxylic acids is 1. The van der Waals surface area contributed by atoms with Crippen LogP contribution in [-0.2, 0) is 11.2 Å². The highest BCUT2D eigenvalue weighted by molar-refractivity contribution is 5.62. The summed E-state index contributed by atoms with van der Waals surface area (Å²) in [7, 11) is 0. The van der Waals surface area contributed by atoms with Crippen molar-refractivity contribution in [2.45, 2.75) is 39.0 Å². The van der Waals surface area contributed by atoms with Crippen LogP contribution in [0.3, 0.4) is 0 Å². The summed E-state index contributed by atoms with van der Waals surface area (Å²) in [5, 5.41) is 17.1. The molecule has 0 saturated carbocycles. The monoisotopic (exact) mass is 248 g/mol. The van der Waals surface area contributed by atoms with Crippen LogP contribution in [0, 0.1) is 0 Å². The molecule has 0 saturated heterocycles. The second-order valence-electron chi connectivity index (χ2n) is 4.44. The molecule has 1 aromatic rings. The Morgan fingerprint density at radius 3 is 2.28 bits per heavy atom. The lowest BCUT2D eigenvalue weighted by Crippen LogP contribution is -2.02. The molecule has 0 aliphatic heterocycles. The van der Waals surface area contributed by atoms with E-state index in [0.717, 1.165) is 32.6 Å². The van der Waals surface area contributed by atoms with Crippen molar-refractivity contribution in [3.8, 4) is 0 Å². The zero-order chi connectivity index (χ0) is 13.4. The van der Waals surface area contributed by atoms with Gasteiger partial charge in [0.2, 0.25) is 0 Å². The first-order chi connectivity index (χ1) is 8.59. The third-order valence-electron chi connectivity index (χ3n) is 2.81. The predicted octanol–water partition coefficient (Wildman–Crippen LogP) is 3.71. The zero-order valence-electron chi connectivity index (χ0n) is 10.7. The molecule has 0 spiro atoms. The number of hydrogen-bond acceptors (Lipinski definition) is 2. The molecule has 3 heteroatoms. The minimum absolute atomic E-state index is 0.639. The van der Waals surface area contributed by atoms with Crippen LogP contribution in [0.1, 0.15) is 38.2 Å². The van der Waals surface area contributed by atoms with Crippen LogP contribution in [0.25, 0.3) is 0 Å². The van der Waals surface area contributed by atoms with Crippen LogP contribution in [0.15, 0.2) is 41.7 Å². The zero-order valence-corrected chi connectivity index (χ0v) is 10.7. The highest BCUT2D eigenvalue weighted by Crippen LogP contribution is 2.25. The van der Waals surface area contributed by atoms with Gasteiger partial charge in [-0.25, -0.2) is 0 Å². The Morgan fingerprint density at radius 2 is 1.72 bits per heavy atom. The summed E-state index contributed by atoms with van der Waals surface area (Å²) in [5.74, 6) is -0.194. The summed E-state index contributed by atoms with van der Waals surface area (Å²) in [6, 6.07) is 10.4. The van der Waals surface area contributed by atoms with Crippen molar-refractivity contribution >= 4 is 5.97 Å². The molecule has 1 aliphatic rings. The Kier molecular flexibility index (Phi) is 5.98. The van der Waals surface area contributed by atoms with E-state index in [1.54, 1.807) is 0 Å². The molecule has 1 aromatic carbocycles. The first-order valence-electron chi connectivity index (χ1n) is 6.23. The lowest BCUT2D eigenvalue weighted by molar-refractivity contribution is -0.134. The van der Waals surface area contributed by atoms with Crippen LogP contribution in [0.4, 0.5) is 0 Å². The highest BCUT2D eigenvalue weighted by atomic mass is 16.4. The fraction of sp³-hybridized carbons (Fsp3) is 0.400. The van der Waals surface area contributed by atoms with Crippen molar-refractivity contribution in [3.63, 3.8) is 0 Å². The van der Waals surface area contributed by atoms with E-state index in [1.165, 1.54) is 17.6 Å². The molecule has 98 valence electrons. The maximum atomic E-state index is 9.71. The molecule has 1 aliphatic carbocycles. The highest BCUT2D eigenvalue weighted by Gasteiger charge is 2.11. The van der Waals surface area contributed by atoms with Crippen molar-refractivity contribution in [2.75, 3.05) is 0 Å². The minimum Gasteiger partial charge on any atom is -0.512 e. The van der Waals surface area contributed by atoms with Crippen molar-refractivity contribution in [1.29, 1.82) is 0 Å². The Labute approximate surface area is 108 Å². The number of carboxylic acids is 1. The van der Waals surface area contributed by atoms with E-state index >= 15 is 0 Å². The molecule has 0 heterocycles. The molecule has 0 unspecified atom stereocenters. The maximum Gasteiger partial charge on any atom is 0.300 e. The van der Waals surface area contributed by atoms with Crippen molar-refractivity contribution < 1.29 is 15.0 Å². The fourth-order valence-corrected chi connectivity index (χ4v) is 1.98. The number of hydrogen-bond donors (Lipinski definition) is 2. The van der Waals surface area contributed by atoms with Gasteiger partial charge in [0.05, 0.1) is 5.76 Å². The third kappa shape index (κ3) is 5.53. The van der Waals surface area contributed by atoms with Crippen LogP contribution in [0.2, 0.25) is 0 Å². The van der Waals surface area contributed by atoms with E-state index < -0.39 is 5.97 Å². The lowest BCUT2D eigenvalue weighted by atomic mass is 9.93. The van der Waals surface area contributed by atoms with Gasteiger partial charge >= 0.3 is 0 Å². The Bertz CT molecular complexity index is 403. The molecule has 2 rings (SSSR count). The summed E-state index contributed by atoms with van der Waals surface area (Å²) in [4.78, 5) is 9.00. The molecular weight excluding hydrogens is 228 g/mol. The standard InChI is InChI=1S/C13H16O.C2H4O2/c14-13-9-5-4-8-12(13)10-11-6-2-1-3-7-11;1-2(3)4/h1-3,6-7,14H,4-5,8-10H2;1H3,(H,3,4).